The van der Waals surface area contributed by atoms with E-state index in [1.54, 1.807) is 0 Å². The Morgan fingerprint density at radius 2 is 0.653 bits per heavy atom. The molecule has 0 spiro atoms. The van der Waals surface area contributed by atoms with Crippen LogP contribution in [0.4, 0.5) is 17.8 Å². The van der Waals surface area contributed by atoms with Gasteiger partial charge in [0.1, 0.15) is 0 Å². The molecule has 0 saturated carbocycles. The molecule has 6 atom stereocenters. The van der Waals surface area contributed by atoms with Crippen LogP contribution in [0.5, 0.6) is 0 Å². The number of nitrogens with zero attached hydrogens (tertiary/aromatic N) is 3. The van der Waals surface area contributed by atoms with Crippen molar-refractivity contribution in [1.82, 2.24) is 30.9 Å². The minimum Gasteiger partial charge on any atom is -0.347 e. The zero-order valence-electron chi connectivity index (χ0n) is 47.8. The van der Waals surface area contributed by atoms with Crippen molar-refractivity contribution in [2.45, 2.75) is 214 Å². The molecule has 72 heavy (non-hydrogen) atoms. The van der Waals surface area contributed by atoms with Gasteiger partial charge in [-0.25, -0.2) is 0 Å². The van der Waals surface area contributed by atoms with Gasteiger partial charge in [0, 0.05) is 16.6 Å². The summed E-state index contributed by atoms with van der Waals surface area (Å²) in [6.45, 7) is 39.2. The van der Waals surface area contributed by atoms with E-state index in [1.807, 2.05) is 0 Å². The monoisotopic (exact) mass is 982 g/mol. The topological polar surface area (TPSA) is 111 Å². The van der Waals surface area contributed by atoms with Crippen LogP contribution in [0, 0.1) is 34.0 Å². The molecule has 9 nitrogen and oxygen atoms in total. The van der Waals surface area contributed by atoms with Crippen LogP contribution in [0.1, 0.15) is 178 Å². The molecule has 3 aliphatic heterocycles. The lowest BCUT2D eigenvalue weighted by molar-refractivity contribution is 0.0602. The Balaban J connectivity index is 1.51. The molecular formula is C63H99N9. The molecule has 0 bridgehead atoms. The first kappa shape index (κ1) is 55.7. The van der Waals surface area contributed by atoms with Gasteiger partial charge < -0.3 is 31.9 Å². The maximum absolute atomic E-state index is 5.75. The van der Waals surface area contributed by atoms with Crippen LogP contribution in [0.25, 0.3) is 0 Å². The van der Waals surface area contributed by atoms with E-state index < -0.39 is 16.6 Å². The molecule has 3 saturated heterocycles. The Bertz CT molecular complexity index is 2070. The van der Waals surface area contributed by atoms with Crippen LogP contribution in [-0.4, -0.2) is 67.8 Å². The summed E-state index contributed by atoms with van der Waals surface area (Å²) in [7, 11) is 0. The molecule has 6 N–H and O–H groups in total. The lowest BCUT2D eigenvalue weighted by Crippen LogP contribution is -2.63. The summed E-state index contributed by atoms with van der Waals surface area (Å²) >= 11 is 0. The van der Waals surface area contributed by atoms with Crippen LogP contribution in [0.3, 0.4) is 0 Å². The second kappa shape index (κ2) is 21.7. The van der Waals surface area contributed by atoms with Crippen molar-refractivity contribution in [3.05, 3.63) is 108 Å². The van der Waals surface area contributed by atoms with Gasteiger partial charge in [0.15, 0.2) is 0 Å². The minimum atomic E-state index is -0.413. The molecule has 3 aromatic carbocycles. The van der Waals surface area contributed by atoms with E-state index in [0.717, 1.165) is 96.7 Å². The van der Waals surface area contributed by atoms with Gasteiger partial charge in [-0.1, -0.05) is 153 Å². The lowest BCUT2D eigenvalue weighted by Gasteiger charge is -2.56. The summed E-state index contributed by atoms with van der Waals surface area (Å²) in [6, 6.07) is 33.5. The predicted octanol–water partition coefficient (Wildman–Crippen LogP) is 13.7. The first-order chi connectivity index (χ1) is 33.8. The van der Waals surface area contributed by atoms with Gasteiger partial charge in [-0.05, 0) is 189 Å². The van der Waals surface area contributed by atoms with Crippen molar-refractivity contribution in [3.8, 4) is 0 Å². The molecule has 7 rings (SSSR count). The largest absolute Gasteiger partial charge is 0.347 e. The molecule has 396 valence electrons. The van der Waals surface area contributed by atoms with E-state index in [0.29, 0.717) is 35.6 Å². The van der Waals surface area contributed by atoms with Crippen molar-refractivity contribution >= 4 is 17.8 Å². The van der Waals surface area contributed by atoms with E-state index >= 15 is 0 Å². The fourth-order valence-corrected chi connectivity index (χ4v) is 14.0. The van der Waals surface area contributed by atoms with E-state index in [4.69, 9.17) is 15.0 Å². The molecule has 9 heteroatoms. The third-order valence-corrected chi connectivity index (χ3v) is 19.5. The summed E-state index contributed by atoms with van der Waals surface area (Å²) in [5, 5.41) is 24.8. The van der Waals surface area contributed by atoms with Crippen LogP contribution in [0.2, 0.25) is 0 Å². The van der Waals surface area contributed by atoms with E-state index in [2.05, 4.69) is 227 Å². The van der Waals surface area contributed by atoms with Crippen molar-refractivity contribution in [1.29, 1.82) is 0 Å². The smallest absolute Gasteiger partial charge is 0.229 e. The molecule has 4 aromatic rings. The molecule has 1 aromatic heterocycles. The summed E-state index contributed by atoms with van der Waals surface area (Å²) in [6.07, 6.45) is 11.8. The molecule has 0 amide bonds. The highest BCUT2D eigenvalue weighted by molar-refractivity contribution is 5.50. The molecular weight excluding hydrogens is 883 g/mol. The predicted molar refractivity (Wildman–Crippen MR) is 306 cm³/mol. The van der Waals surface area contributed by atoms with Gasteiger partial charge in [0.2, 0.25) is 17.8 Å². The quantitative estimate of drug-likeness (QED) is 0.0486. The number of nitrogens with one attached hydrogen (secondary N) is 6. The first-order valence-corrected chi connectivity index (χ1v) is 28.3. The number of benzene rings is 3. The molecule has 0 aliphatic carbocycles. The van der Waals surface area contributed by atoms with Gasteiger partial charge in [0.05, 0.1) is 16.6 Å². The van der Waals surface area contributed by atoms with E-state index in [1.165, 1.54) is 16.7 Å². The number of piperidine rings is 3. The lowest BCUT2D eigenvalue weighted by atomic mass is 9.57. The van der Waals surface area contributed by atoms with E-state index in [-0.39, 0.29) is 32.9 Å². The Morgan fingerprint density at radius 1 is 0.417 bits per heavy atom. The van der Waals surface area contributed by atoms with Crippen LogP contribution < -0.4 is 31.9 Å². The standard InChI is InChI=1S/C63H99N9/c1-16-55(4,5)61(40-46-28-22-19-23-29-46,49-34-37-64-58(10,11)43-49)70-52-67-53(71-62(56(6,7)17-2,41-47-30-24-20-25-31-47)50-35-38-65-59(12,13)44-50)69-54(68-52)72-63(57(8,9)18-3,42-48-32-26-21-27-33-48)51-36-39-66-60(14,15)45-51/h19-33,49-51,64-66H,16-18,34-45H2,1-15H3,(H3,67,68,69,70,71,72). The molecule has 0 radical (unpaired) electrons. The number of rotatable bonds is 21. The zero-order valence-corrected chi connectivity index (χ0v) is 47.8. The summed E-state index contributed by atoms with van der Waals surface area (Å²) in [4.78, 5) is 17.3. The number of hydrogen-bond acceptors (Lipinski definition) is 9. The highest BCUT2D eigenvalue weighted by atomic mass is 15.3. The van der Waals surface area contributed by atoms with Crippen LogP contribution >= 0.6 is 0 Å². The van der Waals surface area contributed by atoms with E-state index in [9.17, 15) is 0 Å². The van der Waals surface area contributed by atoms with Crippen LogP contribution in [0.15, 0.2) is 91.0 Å². The minimum absolute atomic E-state index is 0.0221. The Labute approximate surface area is 438 Å². The van der Waals surface area contributed by atoms with Crippen molar-refractivity contribution < 1.29 is 0 Å². The SMILES string of the molecule is CCC(C)(C)C(Cc1ccccc1)(Nc1nc(NC(Cc2ccccc2)(C2CCNC(C)(C)C2)C(C)(C)CC)nc(NC(Cc2ccccc2)(C2CCNC(C)(C)C2)C(C)(C)CC)n1)C1CCNC(C)(C)C1. The van der Waals surface area contributed by atoms with Gasteiger partial charge in [-0.15, -0.1) is 0 Å². The molecule has 3 aliphatic rings. The Morgan fingerprint density at radius 3 is 0.861 bits per heavy atom. The molecule has 3 fully saturated rings. The summed E-state index contributed by atoms with van der Waals surface area (Å²) in [5.74, 6) is 2.92. The Hall–Kier alpha value is -4.05. The van der Waals surface area contributed by atoms with Crippen molar-refractivity contribution in [2.75, 3.05) is 35.6 Å². The van der Waals surface area contributed by atoms with Gasteiger partial charge >= 0.3 is 0 Å². The van der Waals surface area contributed by atoms with Gasteiger partial charge in [-0.3, -0.25) is 0 Å². The second-order valence-corrected chi connectivity index (χ2v) is 26.8. The third kappa shape index (κ3) is 12.0. The second-order valence-electron chi connectivity index (χ2n) is 26.8. The van der Waals surface area contributed by atoms with Gasteiger partial charge in [-0.2, -0.15) is 15.0 Å². The first-order valence-electron chi connectivity index (χ1n) is 28.3. The fourth-order valence-electron chi connectivity index (χ4n) is 14.0. The third-order valence-electron chi connectivity index (χ3n) is 19.5. The summed E-state index contributed by atoms with van der Waals surface area (Å²) < 4.78 is 0. The number of hydrogen-bond donors (Lipinski definition) is 6. The van der Waals surface area contributed by atoms with Crippen molar-refractivity contribution in [3.63, 3.8) is 0 Å². The maximum atomic E-state index is 5.75. The average molecular weight is 983 g/mol. The average Bonchev–Trinajstić information content (AvgIpc) is 3.33. The molecule has 4 heterocycles. The molecule has 6 unspecified atom stereocenters. The highest BCUT2D eigenvalue weighted by Gasteiger charge is 2.56. The van der Waals surface area contributed by atoms with Crippen molar-refractivity contribution in [2.24, 2.45) is 34.0 Å². The highest BCUT2D eigenvalue weighted by Crippen LogP contribution is 2.53. The number of anilines is 3. The fraction of sp³-hybridized carbons (Fsp3) is 0.667. The number of aromatic nitrogens is 3. The van der Waals surface area contributed by atoms with Gasteiger partial charge in [0.25, 0.3) is 0 Å². The summed E-state index contributed by atoms with van der Waals surface area (Å²) in [5.41, 5.74) is 2.22. The Kier molecular flexibility index (Phi) is 16.8. The van der Waals surface area contributed by atoms with Crippen LogP contribution in [-0.2, 0) is 19.3 Å². The maximum Gasteiger partial charge on any atom is 0.229 e. The normalized spacial score (nSPS) is 24.0. The zero-order chi connectivity index (χ0) is 52.3.